The number of urea groups is 1. The lowest BCUT2D eigenvalue weighted by Gasteiger charge is -2.12. The molecule has 80 valence electrons. The van der Waals surface area contributed by atoms with Crippen molar-refractivity contribution < 1.29 is 4.79 Å². The van der Waals surface area contributed by atoms with Gasteiger partial charge in [0.05, 0.1) is 6.04 Å². The van der Waals surface area contributed by atoms with E-state index in [9.17, 15) is 4.79 Å². The van der Waals surface area contributed by atoms with Crippen LogP contribution in [0.5, 0.6) is 0 Å². The Labute approximate surface area is 94.0 Å². The molecule has 3 nitrogen and oxygen atoms in total. The molecule has 1 aliphatic heterocycles. The SMILES string of the molecule is CCN1CC(c2ccccc2Cl)NC1=O. The summed E-state index contributed by atoms with van der Waals surface area (Å²) in [6.45, 7) is 3.39. The molecule has 1 heterocycles. The fraction of sp³-hybridized carbons (Fsp3) is 0.364. The van der Waals surface area contributed by atoms with E-state index in [1.165, 1.54) is 0 Å². The molecule has 0 spiro atoms. The fourth-order valence-corrected chi connectivity index (χ4v) is 2.06. The first-order valence-electron chi connectivity index (χ1n) is 5.02. The molecule has 1 unspecified atom stereocenters. The zero-order valence-corrected chi connectivity index (χ0v) is 9.29. The van der Waals surface area contributed by atoms with E-state index in [4.69, 9.17) is 11.6 Å². The van der Waals surface area contributed by atoms with E-state index in [1.807, 2.05) is 31.2 Å². The topological polar surface area (TPSA) is 32.3 Å². The molecule has 1 aromatic carbocycles. The summed E-state index contributed by atoms with van der Waals surface area (Å²) in [5.74, 6) is 0. The Morgan fingerprint density at radius 3 is 2.87 bits per heavy atom. The maximum atomic E-state index is 11.5. The lowest BCUT2D eigenvalue weighted by Crippen LogP contribution is -2.27. The number of hydrogen-bond acceptors (Lipinski definition) is 1. The van der Waals surface area contributed by atoms with Crippen molar-refractivity contribution in [2.24, 2.45) is 0 Å². The molecule has 1 fully saturated rings. The third-order valence-electron chi connectivity index (χ3n) is 2.65. The highest BCUT2D eigenvalue weighted by Crippen LogP contribution is 2.26. The van der Waals surface area contributed by atoms with Crippen LogP contribution in [0.1, 0.15) is 18.5 Å². The molecule has 4 heteroatoms. The molecule has 1 saturated heterocycles. The predicted molar refractivity (Wildman–Crippen MR) is 60.0 cm³/mol. The highest BCUT2D eigenvalue weighted by atomic mass is 35.5. The highest BCUT2D eigenvalue weighted by molar-refractivity contribution is 6.31. The third kappa shape index (κ3) is 1.92. The zero-order valence-electron chi connectivity index (χ0n) is 8.53. The summed E-state index contributed by atoms with van der Waals surface area (Å²) >= 11 is 6.07. The Morgan fingerprint density at radius 1 is 1.53 bits per heavy atom. The normalized spacial score (nSPS) is 20.5. The van der Waals surface area contributed by atoms with Gasteiger partial charge in [0, 0.05) is 18.1 Å². The van der Waals surface area contributed by atoms with E-state index < -0.39 is 0 Å². The summed E-state index contributed by atoms with van der Waals surface area (Å²) in [6.07, 6.45) is 0. The Morgan fingerprint density at radius 2 is 2.27 bits per heavy atom. The van der Waals surface area contributed by atoms with Crippen LogP contribution in [0.25, 0.3) is 0 Å². The van der Waals surface area contributed by atoms with Crippen LogP contribution in [0.3, 0.4) is 0 Å². The quantitative estimate of drug-likeness (QED) is 0.822. The Hall–Kier alpha value is -1.22. The van der Waals surface area contributed by atoms with E-state index in [0.717, 1.165) is 12.1 Å². The highest BCUT2D eigenvalue weighted by Gasteiger charge is 2.29. The van der Waals surface area contributed by atoms with Crippen molar-refractivity contribution in [3.63, 3.8) is 0 Å². The minimum absolute atomic E-state index is 0.0116. The van der Waals surface area contributed by atoms with Gasteiger partial charge >= 0.3 is 6.03 Å². The molecule has 1 aromatic rings. The van der Waals surface area contributed by atoms with Gasteiger partial charge < -0.3 is 10.2 Å². The molecule has 0 saturated carbocycles. The van der Waals surface area contributed by atoms with Crippen molar-refractivity contribution in [1.29, 1.82) is 0 Å². The van der Waals surface area contributed by atoms with Gasteiger partial charge in [0.15, 0.2) is 0 Å². The molecular weight excluding hydrogens is 212 g/mol. The Kier molecular flexibility index (Phi) is 2.82. The summed E-state index contributed by atoms with van der Waals surface area (Å²) in [5.41, 5.74) is 0.989. The fourth-order valence-electron chi connectivity index (χ4n) is 1.80. The van der Waals surface area contributed by atoms with Gasteiger partial charge in [0.25, 0.3) is 0 Å². The standard InChI is InChI=1S/C11H13ClN2O/c1-2-14-7-10(13-11(14)15)8-5-3-4-6-9(8)12/h3-6,10H,2,7H2,1H3,(H,13,15). The minimum Gasteiger partial charge on any atom is -0.329 e. The first-order valence-corrected chi connectivity index (χ1v) is 5.40. The average Bonchev–Trinajstić information content (AvgIpc) is 2.60. The molecular formula is C11H13ClN2O. The molecule has 0 bridgehead atoms. The lowest BCUT2D eigenvalue weighted by molar-refractivity contribution is 0.219. The van der Waals surface area contributed by atoms with Gasteiger partial charge in [-0.1, -0.05) is 29.8 Å². The first-order chi connectivity index (χ1) is 7.22. The van der Waals surface area contributed by atoms with Crippen molar-refractivity contribution in [1.82, 2.24) is 10.2 Å². The van der Waals surface area contributed by atoms with Gasteiger partial charge in [-0.25, -0.2) is 4.79 Å². The smallest absolute Gasteiger partial charge is 0.318 e. The number of rotatable bonds is 2. The lowest BCUT2D eigenvalue weighted by atomic mass is 10.1. The number of nitrogens with one attached hydrogen (secondary N) is 1. The monoisotopic (exact) mass is 224 g/mol. The van der Waals surface area contributed by atoms with Crippen molar-refractivity contribution in [3.05, 3.63) is 34.9 Å². The van der Waals surface area contributed by atoms with Crippen molar-refractivity contribution in [2.45, 2.75) is 13.0 Å². The maximum absolute atomic E-state index is 11.5. The van der Waals surface area contributed by atoms with Crippen LogP contribution in [-0.4, -0.2) is 24.0 Å². The molecule has 1 atom stereocenters. The van der Waals surface area contributed by atoms with Gasteiger partial charge in [-0.2, -0.15) is 0 Å². The van der Waals surface area contributed by atoms with Crippen LogP contribution >= 0.6 is 11.6 Å². The maximum Gasteiger partial charge on any atom is 0.318 e. The largest absolute Gasteiger partial charge is 0.329 e. The number of hydrogen-bond donors (Lipinski definition) is 1. The van der Waals surface area contributed by atoms with Crippen LogP contribution < -0.4 is 5.32 Å². The van der Waals surface area contributed by atoms with Crippen molar-refractivity contribution in [3.8, 4) is 0 Å². The van der Waals surface area contributed by atoms with E-state index in [-0.39, 0.29) is 12.1 Å². The first kappa shape index (κ1) is 10.3. The molecule has 15 heavy (non-hydrogen) atoms. The Balaban J connectivity index is 2.21. The van der Waals surface area contributed by atoms with Gasteiger partial charge in [-0.15, -0.1) is 0 Å². The predicted octanol–water partition coefficient (Wildman–Crippen LogP) is 2.43. The van der Waals surface area contributed by atoms with Crippen LogP contribution in [0.2, 0.25) is 5.02 Å². The van der Waals surface area contributed by atoms with Gasteiger partial charge in [0.2, 0.25) is 0 Å². The number of likely N-dealkylation sites (N-methyl/N-ethyl adjacent to an activating group) is 1. The van der Waals surface area contributed by atoms with Gasteiger partial charge in [-0.3, -0.25) is 0 Å². The molecule has 0 radical (unpaired) electrons. The average molecular weight is 225 g/mol. The molecule has 1 N–H and O–H groups in total. The summed E-state index contributed by atoms with van der Waals surface area (Å²) in [4.78, 5) is 13.2. The van der Waals surface area contributed by atoms with Gasteiger partial charge in [0.1, 0.15) is 0 Å². The molecule has 2 amide bonds. The molecule has 0 aromatic heterocycles. The number of halogens is 1. The Bertz CT molecular complexity index is 381. The van der Waals surface area contributed by atoms with Crippen LogP contribution in [0, 0.1) is 0 Å². The number of nitrogens with zero attached hydrogens (tertiary/aromatic N) is 1. The van der Waals surface area contributed by atoms with Crippen molar-refractivity contribution in [2.75, 3.05) is 13.1 Å². The molecule has 1 aliphatic rings. The second-order valence-corrected chi connectivity index (χ2v) is 3.97. The van der Waals surface area contributed by atoms with Crippen molar-refractivity contribution >= 4 is 17.6 Å². The number of amides is 2. The summed E-state index contributed by atoms with van der Waals surface area (Å²) in [7, 11) is 0. The van der Waals surface area contributed by atoms with Crippen LogP contribution in [0.15, 0.2) is 24.3 Å². The number of benzene rings is 1. The van der Waals surface area contributed by atoms with E-state index in [0.29, 0.717) is 11.6 Å². The van der Waals surface area contributed by atoms with Crippen LogP contribution in [0.4, 0.5) is 4.79 Å². The van der Waals surface area contributed by atoms with Gasteiger partial charge in [-0.05, 0) is 18.6 Å². The second-order valence-electron chi connectivity index (χ2n) is 3.56. The van der Waals surface area contributed by atoms with E-state index >= 15 is 0 Å². The van der Waals surface area contributed by atoms with E-state index in [1.54, 1.807) is 4.90 Å². The second kappa shape index (κ2) is 4.11. The summed E-state index contributed by atoms with van der Waals surface area (Å²) in [6, 6.07) is 7.63. The summed E-state index contributed by atoms with van der Waals surface area (Å²) in [5, 5.41) is 3.62. The zero-order chi connectivity index (χ0) is 10.8. The van der Waals surface area contributed by atoms with E-state index in [2.05, 4.69) is 5.32 Å². The molecule has 2 rings (SSSR count). The number of carbonyl (C=O) groups is 1. The van der Waals surface area contributed by atoms with Crippen LogP contribution in [-0.2, 0) is 0 Å². The number of carbonyl (C=O) groups excluding carboxylic acids is 1. The summed E-state index contributed by atoms with van der Waals surface area (Å²) < 4.78 is 0. The molecule has 0 aliphatic carbocycles. The minimum atomic E-state index is -0.0116. The third-order valence-corrected chi connectivity index (χ3v) is 2.99.